The standard InChI is InChI=1S/C14H17N3O/c18-10-12-6-13-8-16-17(14(13)15-7-12)9-11-4-2-1-3-5-11/h6-8,10-11H,1-5,9H2. The normalized spacial score (nSPS) is 17.1. The Bertz CT molecular complexity index is 555. The number of fused-ring (bicyclic) bond motifs is 1. The van der Waals surface area contributed by atoms with Crippen molar-refractivity contribution in [2.24, 2.45) is 5.92 Å². The molecule has 18 heavy (non-hydrogen) atoms. The Labute approximate surface area is 106 Å². The first-order valence-corrected chi connectivity index (χ1v) is 6.63. The number of carbonyl (C=O) groups is 1. The quantitative estimate of drug-likeness (QED) is 0.779. The smallest absolute Gasteiger partial charge is 0.157 e. The van der Waals surface area contributed by atoms with Crippen LogP contribution in [-0.4, -0.2) is 21.1 Å². The van der Waals surface area contributed by atoms with Crippen molar-refractivity contribution in [3.8, 4) is 0 Å². The predicted molar refractivity (Wildman–Crippen MR) is 69.5 cm³/mol. The first-order chi connectivity index (χ1) is 8.86. The summed E-state index contributed by atoms with van der Waals surface area (Å²) in [5, 5.41) is 5.36. The lowest BCUT2D eigenvalue weighted by Gasteiger charge is -2.21. The van der Waals surface area contributed by atoms with E-state index in [9.17, 15) is 4.79 Å². The van der Waals surface area contributed by atoms with Gasteiger partial charge in [0.2, 0.25) is 0 Å². The minimum absolute atomic E-state index is 0.611. The Hall–Kier alpha value is -1.71. The van der Waals surface area contributed by atoms with Crippen LogP contribution < -0.4 is 0 Å². The second-order valence-corrected chi connectivity index (χ2v) is 5.13. The van der Waals surface area contributed by atoms with Crippen LogP contribution in [0.5, 0.6) is 0 Å². The average molecular weight is 243 g/mol. The zero-order valence-corrected chi connectivity index (χ0v) is 10.4. The molecule has 0 unspecified atom stereocenters. The van der Waals surface area contributed by atoms with Gasteiger partial charge in [-0.1, -0.05) is 19.3 Å². The Morgan fingerprint density at radius 1 is 1.28 bits per heavy atom. The minimum atomic E-state index is 0.611. The molecule has 1 saturated carbocycles. The molecule has 0 amide bonds. The van der Waals surface area contributed by atoms with Crippen LogP contribution in [0.1, 0.15) is 42.5 Å². The second-order valence-electron chi connectivity index (χ2n) is 5.13. The van der Waals surface area contributed by atoms with E-state index in [0.717, 1.165) is 29.8 Å². The zero-order valence-electron chi connectivity index (χ0n) is 10.4. The molecule has 2 aromatic heterocycles. The van der Waals surface area contributed by atoms with Crippen LogP contribution in [0.25, 0.3) is 11.0 Å². The van der Waals surface area contributed by atoms with E-state index in [2.05, 4.69) is 10.1 Å². The first kappa shape index (κ1) is 11.4. The molecule has 4 heteroatoms. The number of carbonyl (C=O) groups excluding carboxylic acids is 1. The molecule has 1 fully saturated rings. The van der Waals surface area contributed by atoms with Gasteiger partial charge in [0.05, 0.1) is 6.20 Å². The van der Waals surface area contributed by atoms with Crippen molar-refractivity contribution in [2.45, 2.75) is 38.6 Å². The fraction of sp³-hybridized carbons (Fsp3) is 0.500. The highest BCUT2D eigenvalue weighted by atomic mass is 16.1. The average Bonchev–Trinajstić information content (AvgIpc) is 2.82. The van der Waals surface area contributed by atoms with Gasteiger partial charge in [-0.25, -0.2) is 9.67 Å². The molecule has 3 rings (SSSR count). The molecule has 0 bridgehead atoms. The molecule has 0 saturated heterocycles. The lowest BCUT2D eigenvalue weighted by Crippen LogP contribution is -2.15. The molecular formula is C14H17N3O. The first-order valence-electron chi connectivity index (χ1n) is 6.63. The van der Waals surface area contributed by atoms with Crippen molar-refractivity contribution in [1.29, 1.82) is 0 Å². The molecule has 0 aliphatic heterocycles. The molecule has 94 valence electrons. The van der Waals surface area contributed by atoms with Gasteiger partial charge in [0.1, 0.15) is 0 Å². The summed E-state index contributed by atoms with van der Waals surface area (Å²) in [5.74, 6) is 0.731. The van der Waals surface area contributed by atoms with Crippen LogP contribution in [0.2, 0.25) is 0 Å². The SMILES string of the molecule is O=Cc1cnc2c(cnn2CC2CCCCC2)c1. The van der Waals surface area contributed by atoms with Crippen molar-refractivity contribution >= 4 is 17.3 Å². The van der Waals surface area contributed by atoms with E-state index in [1.165, 1.54) is 32.1 Å². The monoisotopic (exact) mass is 243 g/mol. The zero-order chi connectivity index (χ0) is 12.4. The number of aromatic nitrogens is 3. The number of pyridine rings is 1. The second kappa shape index (κ2) is 4.88. The molecule has 0 aromatic carbocycles. The summed E-state index contributed by atoms with van der Waals surface area (Å²) in [6.45, 7) is 0.955. The van der Waals surface area contributed by atoms with Crippen LogP contribution in [0.15, 0.2) is 18.5 Å². The van der Waals surface area contributed by atoms with E-state index >= 15 is 0 Å². The lowest BCUT2D eigenvalue weighted by atomic mass is 9.89. The molecule has 1 aliphatic rings. The maximum Gasteiger partial charge on any atom is 0.157 e. The summed E-state index contributed by atoms with van der Waals surface area (Å²) in [4.78, 5) is 15.1. The van der Waals surface area contributed by atoms with Crippen molar-refractivity contribution in [3.63, 3.8) is 0 Å². The number of rotatable bonds is 3. The Balaban J connectivity index is 1.85. The molecule has 0 N–H and O–H groups in total. The van der Waals surface area contributed by atoms with Gasteiger partial charge in [0.15, 0.2) is 11.9 Å². The Morgan fingerprint density at radius 3 is 2.89 bits per heavy atom. The largest absolute Gasteiger partial charge is 0.298 e. The third kappa shape index (κ3) is 2.15. The summed E-state index contributed by atoms with van der Waals surface area (Å²) < 4.78 is 1.99. The molecule has 1 aliphatic carbocycles. The highest BCUT2D eigenvalue weighted by Gasteiger charge is 2.15. The molecular weight excluding hydrogens is 226 g/mol. The van der Waals surface area contributed by atoms with Crippen molar-refractivity contribution in [3.05, 3.63) is 24.0 Å². The van der Waals surface area contributed by atoms with Gasteiger partial charge < -0.3 is 0 Å². The minimum Gasteiger partial charge on any atom is -0.298 e. The molecule has 2 aromatic rings. The highest BCUT2D eigenvalue weighted by molar-refractivity contribution is 5.83. The Morgan fingerprint density at radius 2 is 2.11 bits per heavy atom. The van der Waals surface area contributed by atoms with E-state index in [1.807, 2.05) is 10.7 Å². The molecule has 0 radical (unpaired) electrons. The number of nitrogens with zero attached hydrogens (tertiary/aromatic N) is 3. The summed E-state index contributed by atoms with van der Waals surface area (Å²) in [7, 11) is 0. The number of aldehydes is 1. The van der Waals surface area contributed by atoms with Crippen LogP contribution in [0, 0.1) is 5.92 Å². The summed E-state index contributed by atoms with van der Waals surface area (Å²) in [6.07, 6.45) is 10.9. The van der Waals surface area contributed by atoms with E-state index in [-0.39, 0.29) is 0 Å². The van der Waals surface area contributed by atoms with Crippen molar-refractivity contribution < 1.29 is 4.79 Å². The van der Waals surface area contributed by atoms with Gasteiger partial charge in [-0.15, -0.1) is 0 Å². The van der Waals surface area contributed by atoms with Crippen molar-refractivity contribution in [1.82, 2.24) is 14.8 Å². The molecule has 2 heterocycles. The third-order valence-corrected chi connectivity index (χ3v) is 3.79. The lowest BCUT2D eigenvalue weighted by molar-refractivity contribution is 0.112. The third-order valence-electron chi connectivity index (χ3n) is 3.79. The fourth-order valence-electron chi connectivity index (χ4n) is 2.80. The molecule has 0 atom stereocenters. The summed E-state index contributed by atoms with van der Waals surface area (Å²) in [6, 6.07) is 1.85. The van der Waals surface area contributed by atoms with Gasteiger partial charge in [0.25, 0.3) is 0 Å². The van der Waals surface area contributed by atoms with Crippen LogP contribution in [-0.2, 0) is 6.54 Å². The summed E-state index contributed by atoms with van der Waals surface area (Å²) in [5.41, 5.74) is 1.51. The van der Waals surface area contributed by atoms with Crippen LogP contribution >= 0.6 is 0 Å². The molecule has 0 spiro atoms. The van der Waals surface area contributed by atoms with E-state index in [0.29, 0.717) is 5.56 Å². The molecule has 4 nitrogen and oxygen atoms in total. The maximum absolute atomic E-state index is 10.7. The van der Waals surface area contributed by atoms with E-state index in [1.54, 1.807) is 12.4 Å². The van der Waals surface area contributed by atoms with E-state index < -0.39 is 0 Å². The maximum atomic E-state index is 10.7. The fourth-order valence-corrected chi connectivity index (χ4v) is 2.80. The van der Waals surface area contributed by atoms with Gasteiger partial charge in [-0.05, 0) is 24.8 Å². The predicted octanol–water partition coefficient (Wildman–Crippen LogP) is 2.82. The number of hydrogen-bond donors (Lipinski definition) is 0. The highest BCUT2D eigenvalue weighted by Crippen LogP contribution is 2.25. The van der Waals surface area contributed by atoms with Gasteiger partial charge >= 0.3 is 0 Å². The van der Waals surface area contributed by atoms with Crippen LogP contribution in [0.4, 0.5) is 0 Å². The van der Waals surface area contributed by atoms with Crippen molar-refractivity contribution in [2.75, 3.05) is 0 Å². The summed E-state index contributed by atoms with van der Waals surface area (Å²) >= 11 is 0. The van der Waals surface area contributed by atoms with E-state index in [4.69, 9.17) is 0 Å². The van der Waals surface area contributed by atoms with Crippen LogP contribution in [0.3, 0.4) is 0 Å². The van der Waals surface area contributed by atoms with Gasteiger partial charge in [0, 0.05) is 23.7 Å². The van der Waals surface area contributed by atoms with Gasteiger partial charge in [-0.2, -0.15) is 5.10 Å². The Kier molecular flexibility index (Phi) is 3.09. The topological polar surface area (TPSA) is 47.8 Å². The van der Waals surface area contributed by atoms with Gasteiger partial charge in [-0.3, -0.25) is 4.79 Å². The number of hydrogen-bond acceptors (Lipinski definition) is 3.